The summed E-state index contributed by atoms with van der Waals surface area (Å²) in [5, 5.41) is 8.68. The molecule has 0 aromatic carbocycles. The Morgan fingerprint density at radius 2 is 2.26 bits per heavy atom. The van der Waals surface area contributed by atoms with Gasteiger partial charge in [0.25, 0.3) is 0 Å². The first-order valence-electron chi connectivity index (χ1n) is 5.75. The van der Waals surface area contributed by atoms with Crippen molar-refractivity contribution in [3.05, 3.63) is 23.5 Å². The number of aliphatic carboxylic acids is 1. The van der Waals surface area contributed by atoms with Crippen LogP contribution in [0.3, 0.4) is 0 Å². The Labute approximate surface area is 115 Å². The number of rotatable bonds is 6. The fraction of sp³-hybridized carbons (Fsp3) is 0.455. The van der Waals surface area contributed by atoms with Crippen LogP contribution in [-0.4, -0.2) is 30.5 Å². The Bertz CT molecular complexity index is 586. The lowest BCUT2D eigenvalue weighted by molar-refractivity contribution is -0.137. The first-order chi connectivity index (χ1) is 8.90. The number of carbonyl (C=O) groups is 1. The summed E-state index contributed by atoms with van der Waals surface area (Å²) in [7, 11) is -3.85. The molecule has 0 aliphatic heterocycles. The van der Waals surface area contributed by atoms with Gasteiger partial charge < -0.3 is 5.11 Å². The van der Waals surface area contributed by atoms with Crippen LogP contribution in [-0.2, 0) is 14.8 Å². The number of hydrogen-bond donors (Lipinski definition) is 2. The van der Waals surface area contributed by atoms with Crippen molar-refractivity contribution in [1.82, 2.24) is 9.71 Å². The van der Waals surface area contributed by atoms with Gasteiger partial charge in [-0.05, 0) is 30.9 Å². The third kappa shape index (κ3) is 3.65. The molecule has 0 radical (unpaired) electrons. The van der Waals surface area contributed by atoms with E-state index in [1.165, 1.54) is 18.3 Å². The zero-order valence-electron chi connectivity index (χ0n) is 9.91. The van der Waals surface area contributed by atoms with Gasteiger partial charge in [-0.25, -0.2) is 18.1 Å². The van der Waals surface area contributed by atoms with Crippen LogP contribution in [0.1, 0.15) is 19.3 Å². The maximum atomic E-state index is 12.1. The van der Waals surface area contributed by atoms with Crippen molar-refractivity contribution in [2.45, 2.75) is 30.2 Å². The molecule has 0 saturated heterocycles. The quantitative estimate of drug-likeness (QED) is 0.771. The molecule has 0 bridgehead atoms. The average Bonchev–Trinajstić information content (AvgIpc) is 3.11. The van der Waals surface area contributed by atoms with Crippen LogP contribution in [0.5, 0.6) is 0 Å². The van der Waals surface area contributed by atoms with Crippen molar-refractivity contribution < 1.29 is 18.3 Å². The molecule has 1 unspecified atom stereocenters. The first kappa shape index (κ1) is 14.2. The van der Waals surface area contributed by atoms with Crippen LogP contribution in [0.25, 0.3) is 0 Å². The molecule has 2 rings (SSSR count). The van der Waals surface area contributed by atoms with Crippen LogP contribution in [0.2, 0.25) is 5.15 Å². The molecule has 1 fully saturated rings. The Hall–Kier alpha value is -1.18. The van der Waals surface area contributed by atoms with Crippen molar-refractivity contribution in [1.29, 1.82) is 0 Å². The lowest BCUT2D eigenvalue weighted by Crippen LogP contribution is -2.38. The van der Waals surface area contributed by atoms with Crippen molar-refractivity contribution in [2.75, 3.05) is 0 Å². The van der Waals surface area contributed by atoms with Gasteiger partial charge in [-0.1, -0.05) is 11.6 Å². The monoisotopic (exact) mass is 304 g/mol. The molecule has 1 heterocycles. The van der Waals surface area contributed by atoms with E-state index in [1.807, 2.05) is 0 Å². The highest BCUT2D eigenvalue weighted by Gasteiger charge is 2.36. The topological polar surface area (TPSA) is 96.4 Å². The van der Waals surface area contributed by atoms with E-state index in [0.717, 1.165) is 12.8 Å². The normalized spacial score (nSPS) is 17.1. The van der Waals surface area contributed by atoms with Gasteiger partial charge in [0.1, 0.15) is 10.0 Å². The predicted octanol–water partition coefficient (Wildman–Crippen LogP) is 1.27. The van der Waals surface area contributed by atoms with Crippen molar-refractivity contribution in [3.63, 3.8) is 0 Å². The molecule has 1 aliphatic carbocycles. The number of pyridine rings is 1. The third-order valence-corrected chi connectivity index (χ3v) is 4.84. The molecule has 1 aromatic rings. The van der Waals surface area contributed by atoms with Gasteiger partial charge in [-0.2, -0.15) is 0 Å². The molecule has 19 heavy (non-hydrogen) atoms. The molecule has 2 N–H and O–H groups in total. The van der Waals surface area contributed by atoms with Gasteiger partial charge in [-0.3, -0.25) is 4.79 Å². The standard InChI is InChI=1S/C11H13ClN2O4S/c12-11-9(2-1-5-13-11)19(17,18)14-8(6-10(15)16)7-3-4-7/h1-2,5,7-8,14H,3-4,6H2,(H,15,16). The fourth-order valence-corrected chi connectivity index (χ4v) is 3.58. The van der Waals surface area contributed by atoms with E-state index in [2.05, 4.69) is 9.71 Å². The zero-order chi connectivity index (χ0) is 14.0. The summed E-state index contributed by atoms with van der Waals surface area (Å²) in [6.07, 6.45) is 2.82. The van der Waals surface area contributed by atoms with Crippen LogP contribution in [0.15, 0.2) is 23.2 Å². The number of nitrogens with one attached hydrogen (secondary N) is 1. The highest BCUT2D eigenvalue weighted by Crippen LogP contribution is 2.35. The number of hydrogen-bond acceptors (Lipinski definition) is 4. The Morgan fingerprint density at radius 3 is 2.79 bits per heavy atom. The highest BCUT2D eigenvalue weighted by molar-refractivity contribution is 7.89. The third-order valence-electron chi connectivity index (χ3n) is 2.91. The summed E-state index contributed by atoms with van der Waals surface area (Å²) < 4.78 is 26.7. The number of halogens is 1. The van der Waals surface area contributed by atoms with Crippen LogP contribution in [0.4, 0.5) is 0 Å². The minimum absolute atomic E-state index is 0.0846. The molecule has 0 amide bonds. The fourth-order valence-electron chi connectivity index (χ4n) is 1.83. The molecule has 1 atom stereocenters. The molecule has 1 aliphatic rings. The van der Waals surface area contributed by atoms with Gasteiger partial charge in [0.15, 0.2) is 0 Å². The number of carboxylic acids is 1. The maximum absolute atomic E-state index is 12.1. The number of carboxylic acid groups (broad SMARTS) is 1. The second kappa shape index (κ2) is 5.44. The summed E-state index contributed by atoms with van der Waals surface area (Å²) in [5.41, 5.74) is 0. The molecule has 0 spiro atoms. The Balaban J connectivity index is 2.20. The summed E-state index contributed by atoms with van der Waals surface area (Å²) in [6.45, 7) is 0. The van der Waals surface area contributed by atoms with Crippen molar-refractivity contribution in [3.8, 4) is 0 Å². The lowest BCUT2D eigenvalue weighted by atomic mass is 10.1. The molecule has 1 saturated carbocycles. The van der Waals surface area contributed by atoms with Gasteiger partial charge in [0.05, 0.1) is 6.42 Å². The van der Waals surface area contributed by atoms with Crippen LogP contribution >= 0.6 is 11.6 Å². The van der Waals surface area contributed by atoms with E-state index in [0.29, 0.717) is 0 Å². The van der Waals surface area contributed by atoms with Gasteiger partial charge in [0.2, 0.25) is 10.0 Å². The second-order valence-corrected chi connectivity index (χ2v) is 6.50. The SMILES string of the molecule is O=C(O)CC(NS(=O)(=O)c1cccnc1Cl)C1CC1. The second-order valence-electron chi connectivity index (χ2n) is 4.46. The van der Waals surface area contributed by atoms with E-state index < -0.39 is 22.0 Å². The largest absolute Gasteiger partial charge is 0.481 e. The molecule has 6 nitrogen and oxygen atoms in total. The molecule has 1 aromatic heterocycles. The minimum atomic E-state index is -3.85. The van der Waals surface area contributed by atoms with Crippen LogP contribution in [0, 0.1) is 5.92 Å². The molecule has 8 heteroatoms. The maximum Gasteiger partial charge on any atom is 0.304 e. The summed E-state index contributed by atoms with van der Waals surface area (Å²) >= 11 is 5.75. The minimum Gasteiger partial charge on any atom is -0.481 e. The predicted molar refractivity (Wildman–Crippen MR) is 68.3 cm³/mol. The highest BCUT2D eigenvalue weighted by atomic mass is 35.5. The summed E-state index contributed by atoms with van der Waals surface area (Å²) in [4.78, 5) is 14.3. The summed E-state index contributed by atoms with van der Waals surface area (Å²) in [5.74, 6) is -0.946. The molecular weight excluding hydrogens is 292 g/mol. The smallest absolute Gasteiger partial charge is 0.304 e. The van der Waals surface area contributed by atoms with E-state index in [9.17, 15) is 13.2 Å². The van der Waals surface area contributed by atoms with Crippen LogP contribution < -0.4 is 4.72 Å². The number of sulfonamides is 1. The number of aromatic nitrogens is 1. The molecular formula is C11H13ClN2O4S. The lowest BCUT2D eigenvalue weighted by Gasteiger charge is -2.16. The van der Waals surface area contributed by atoms with Gasteiger partial charge in [0, 0.05) is 12.2 Å². The van der Waals surface area contributed by atoms with Crippen molar-refractivity contribution >= 4 is 27.6 Å². The zero-order valence-corrected chi connectivity index (χ0v) is 11.5. The Kier molecular flexibility index (Phi) is 4.07. The average molecular weight is 305 g/mol. The van der Waals surface area contributed by atoms with E-state index in [-0.39, 0.29) is 22.4 Å². The van der Waals surface area contributed by atoms with Gasteiger partial charge in [-0.15, -0.1) is 0 Å². The van der Waals surface area contributed by atoms with Gasteiger partial charge >= 0.3 is 5.97 Å². The Morgan fingerprint density at radius 1 is 1.58 bits per heavy atom. The van der Waals surface area contributed by atoms with E-state index >= 15 is 0 Å². The van der Waals surface area contributed by atoms with E-state index in [4.69, 9.17) is 16.7 Å². The summed E-state index contributed by atoms with van der Waals surface area (Å²) in [6, 6.07) is 2.20. The first-order valence-corrected chi connectivity index (χ1v) is 7.61. The van der Waals surface area contributed by atoms with E-state index in [1.54, 1.807) is 0 Å². The molecule has 104 valence electrons. The van der Waals surface area contributed by atoms with Crippen molar-refractivity contribution in [2.24, 2.45) is 5.92 Å². The number of nitrogens with zero attached hydrogens (tertiary/aromatic N) is 1.